The summed E-state index contributed by atoms with van der Waals surface area (Å²) >= 11 is 3.64. The molecule has 18 heavy (non-hydrogen) atoms. The van der Waals surface area contributed by atoms with Gasteiger partial charge in [0.1, 0.15) is 5.82 Å². The lowest BCUT2D eigenvalue weighted by atomic mass is 10.2. The van der Waals surface area contributed by atoms with Crippen LogP contribution < -0.4 is 0 Å². The van der Waals surface area contributed by atoms with Crippen LogP contribution in [0.5, 0.6) is 0 Å². The Morgan fingerprint density at radius 1 is 1.39 bits per heavy atom. The third-order valence-corrected chi connectivity index (χ3v) is 4.41. The molecule has 2 aromatic rings. The predicted octanol–water partition coefficient (Wildman–Crippen LogP) is 3.64. The van der Waals surface area contributed by atoms with Crippen molar-refractivity contribution < 1.29 is 0 Å². The van der Waals surface area contributed by atoms with Crippen LogP contribution in [0, 0.1) is 0 Å². The second-order valence-corrected chi connectivity index (χ2v) is 6.03. The van der Waals surface area contributed by atoms with Crippen LogP contribution in [0.4, 0.5) is 0 Å². The molecule has 0 aliphatic carbocycles. The summed E-state index contributed by atoms with van der Waals surface area (Å²) in [4.78, 5) is 7.21. The summed E-state index contributed by atoms with van der Waals surface area (Å²) in [6.45, 7) is 5.72. The van der Waals surface area contributed by atoms with Gasteiger partial charge in [-0.25, -0.2) is 4.98 Å². The van der Waals surface area contributed by atoms with Crippen LogP contribution in [0.3, 0.4) is 0 Å². The van der Waals surface area contributed by atoms with Gasteiger partial charge in [0.05, 0.1) is 22.4 Å². The highest BCUT2D eigenvalue weighted by Crippen LogP contribution is 2.34. The van der Waals surface area contributed by atoms with Gasteiger partial charge in [-0.1, -0.05) is 6.07 Å². The molecular weight excluding hydrogens is 290 g/mol. The van der Waals surface area contributed by atoms with Crippen molar-refractivity contribution in [2.75, 3.05) is 6.54 Å². The zero-order valence-electron chi connectivity index (χ0n) is 10.8. The number of nitrogens with zero attached hydrogens (tertiary/aromatic N) is 3. The first-order chi connectivity index (χ1) is 8.68. The quantitative estimate of drug-likeness (QED) is 0.790. The number of fused-ring (bicyclic) bond motifs is 1. The van der Waals surface area contributed by atoms with Crippen LogP contribution in [0.1, 0.15) is 38.6 Å². The van der Waals surface area contributed by atoms with E-state index in [4.69, 9.17) is 0 Å². The molecule has 3 rings (SSSR count). The first kappa shape index (κ1) is 12.2. The zero-order chi connectivity index (χ0) is 12.7. The largest absolute Gasteiger partial charge is 0.291 e. The van der Waals surface area contributed by atoms with E-state index in [1.54, 1.807) is 0 Å². The Morgan fingerprint density at radius 3 is 3.00 bits per heavy atom. The molecule has 96 valence electrons. The van der Waals surface area contributed by atoms with Gasteiger partial charge in [-0.05, 0) is 61.3 Å². The Bertz CT molecular complexity index is 561. The molecule has 4 heteroatoms. The van der Waals surface area contributed by atoms with Crippen molar-refractivity contribution in [3.8, 4) is 0 Å². The second kappa shape index (κ2) is 4.67. The molecular formula is C14H18BrN3. The van der Waals surface area contributed by atoms with Crippen molar-refractivity contribution in [2.45, 2.75) is 38.8 Å². The molecule has 1 atom stereocenters. The molecule has 1 saturated heterocycles. The molecule has 3 heterocycles. The number of aromatic nitrogens is 2. The Hall–Kier alpha value is -0.870. The first-order valence-electron chi connectivity index (χ1n) is 6.56. The maximum Gasteiger partial charge on any atom is 0.131 e. The van der Waals surface area contributed by atoms with Gasteiger partial charge in [0.2, 0.25) is 0 Å². The summed E-state index contributed by atoms with van der Waals surface area (Å²) in [6, 6.07) is 7.27. The van der Waals surface area contributed by atoms with E-state index in [2.05, 4.69) is 62.3 Å². The van der Waals surface area contributed by atoms with E-state index >= 15 is 0 Å². The van der Waals surface area contributed by atoms with Crippen LogP contribution >= 0.6 is 15.9 Å². The normalized spacial score (nSPS) is 21.2. The van der Waals surface area contributed by atoms with Crippen molar-refractivity contribution in [3.63, 3.8) is 0 Å². The molecule has 0 N–H and O–H groups in total. The fraction of sp³-hybridized carbons (Fsp3) is 0.500. The standard InChI is InChI=1S/C14H18BrN3/c1-10(2)17-8-4-6-12(17)14-16-9-11-5-3-7-13(15)18(11)14/h3,5,7,9-10,12H,4,6,8H2,1-2H3. The predicted molar refractivity (Wildman–Crippen MR) is 76.7 cm³/mol. The van der Waals surface area contributed by atoms with E-state index in [1.165, 1.54) is 25.2 Å². The van der Waals surface area contributed by atoms with Crippen molar-refractivity contribution >= 4 is 21.4 Å². The van der Waals surface area contributed by atoms with Crippen molar-refractivity contribution in [3.05, 3.63) is 34.8 Å². The Kier molecular flexibility index (Phi) is 3.16. The molecule has 1 aliphatic rings. The molecule has 1 aliphatic heterocycles. The van der Waals surface area contributed by atoms with Crippen LogP contribution in [-0.4, -0.2) is 26.9 Å². The lowest BCUT2D eigenvalue weighted by Gasteiger charge is -2.27. The molecule has 2 aromatic heterocycles. The average Bonchev–Trinajstić information content (AvgIpc) is 2.94. The van der Waals surface area contributed by atoms with Crippen LogP contribution in [0.25, 0.3) is 5.52 Å². The minimum atomic E-state index is 0.450. The first-order valence-corrected chi connectivity index (χ1v) is 7.35. The van der Waals surface area contributed by atoms with E-state index < -0.39 is 0 Å². The minimum absolute atomic E-state index is 0.450. The van der Waals surface area contributed by atoms with Crippen molar-refractivity contribution in [2.24, 2.45) is 0 Å². The van der Waals surface area contributed by atoms with Crippen molar-refractivity contribution in [1.29, 1.82) is 0 Å². The number of hydrogen-bond donors (Lipinski definition) is 0. The smallest absolute Gasteiger partial charge is 0.131 e. The van der Waals surface area contributed by atoms with E-state index in [0.29, 0.717) is 12.1 Å². The van der Waals surface area contributed by atoms with E-state index in [9.17, 15) is 0 Å². The van der Waals surface area contributed by atoms with Gasteiger partial charge in [-0.15, -0.1) is 0 Å². The van der Waals surface area contributed by atoms with Crippen LogP contribution in [0.15, 0.2) is 29.0 Å². The molecule has 0 saturated carbocycles. The Morgan fingerprint density at radius 2 is 2.22 bits per heavy atom. The highest BCUT2D eigenvalue weighted by Gasteiger charge is 2.31. The molecule has 0 aromatic carbocycles. The van der Waals surface area contributed by atoms with Gasteiger partial charge in [0, 0.05) is 6.04 Å². The van der Waals surface area contributed by atoms with E-state index in [1.807, 2.05) is 6.20 Å². The van der Waals surface area contributed by atoms with Gasteiger partial charge < -0.3 is 0 Å². The number of hydrogen-bond acceptors (Lipinski definition) is 2. The average molecular weight is 308 g/mol. The highest BCUT2D eigenvalue weighted by molar-refractivity contribution is 9.10. The van der Waals surface area contributed by atoms with Gasteiger partial charge in [-0.3, -0.25) is 9.30 Å². The third kappa shape index (κ3) is 1.88. The summed E-state index contributed by atoms with van der Waals surface area (Å²) in [5.41, 5.74) is 1.16. The number of halogens is 1. The van der Waals surface area contributed by atoms with Crippen LogP contribution in [0.2, 0.25) is 0 Å². The Labute approximate surface area is 116 Å². The maximum absolute atomic E-state index is 4.66. The number of likely N-dealkylation sites (tertiary alicyclic amines) is 1. The SMILES string of the molecule is CC(C)N1CCCC1c1ncc2cccc(Br)n12. The van der Waals surface area contributed by atoms with E-state index in [-0.39, 0.29) is 0 Å². The summed E-state index contributed by atoms with van der Waals surface area (Å²) in [6.07, 6.45) is 4.44. The summed E-state index contributed by atoms with van der Waals surface area (Å²) in [5, 5.41) is 0. The molecule has 0 bridgehead atoms. The molecule has 3 nitrogen and oxygen atoms in total. The van der Waals surface area contributed by atoms with Gasteiger partial charge >= 0.3 is 0 Å². The zero-order valence-corrected chi connectivity index (χ0v) is 12.4. The fourth-order valence-corrected chi connectivity index (χ4v) is 3.49. The molecule has 0 spiro atoms. The topological polar surface area (TPSA) is 20.5 Å². The van der Waals surface area contributed by atoms with Gasteiger partial charge in [0.15, 0.2) is 0 Å². The minimum Gasteiger partial charge on any atom is -0.291 e. The van der Waals surface area contributed by atoms with Crippen molar-refractivity contribution in [1.82, 2.24) is 14.3 Å². The molecule has 0 radical (unpaired) electrons. The number of pyridine rings is 1. The molecule has 1 fully saturated rings. The second-order valence-electron chi connectivity index (χ2n) is 5.21. The summed E-state index contributed by atoms with van der Waals surface area (Å²) in [5.74, 6) is 1.17. The molecule has 1 unspecified atom stereocenters. The molecule has 0 amide bonds. The van der Waals surface area contributed by atoms with Gasteiger partial charge in [-0.2, -0.15) is 0 Å². The fourth-order valence-electron chi connectivity index (χ4n) is 2.95. The third-order valence-electron chi connectivity index (χ3n) is 3.79. The number of rotatable bonds is 2. The van der Waals surface area contributed by atoms with E-state index in [0.717, 1.165) is 10.1 Å². The highest BCUT2D eigenvalue weighted by atomic mass is 79.9. The lowest BCUT2D eigenvalue weighted by molar-refractivity contribution is 0.198. The van der Waals surface area contributed by atoms with Gasteiger partial charge in [0.25, 0.3) is 0 Å². The number of imidazole rings is 1. The lowest BCUT2D eigenvalue weighted by Crippen LogP contribution is -2.31. The summed E-state index contributed by atoms with van der Waals surface area (Å²) < 4.78 is 3.31. The maximum atomic E-state index is 4.66. The van der Waals surface area contributed by atoms with Crippen LogP contribution in [-0.2, 0) is 0 Å². The monoisotopic (exact) mass is 307 g/mol. The summed E-state index contributed by atoms with van der Waals surface area (Å²) in [7, 11) is 0. The Balaban J connectivity index is 2.09.